The minimum Gasteiger partial charge on any atom is -0.0954 e. The lowest BCUT2D eigenvalue weighted by atomic mass is 9.98. The van der Waals surface area contributed by atoms with Crippen molar-refractivity contribution in [2.24, 2.45) is 0 Å². The summed E-state index contributed by atoms with van der Waals surface area (Å²) >= 11 is 5.50. The van der Waals surface area contributed by atoms with Crippen molar-refractivity contribution in [1.29, 1.82) is 0 Å². The van der Waals surface area contributed by atoms with Crippen molar-refractivity contribution in [3.63, 3.8) is 0 Å². The topological polar surface area (TPSA) is 0 Å². The summed E-state index contributed by atoms with van der Waals surface area (Å²) in [5.41, 5.74) is 4.63. The first-order valence-electron chi connectivity index (χ1n) is 11.8. The highest BCUT2D eigenvalue weighted by Gasteiger charge is 2.44. The van der Waals surface area contributed by atoms with E-state index in [1.807, 2.05) is 0 Å². The third kappa shape index (κ3) is 5.06. The van der Waals surface area contributed by atoms with Crippen molar-refractivity contribution in [3.05, 3.63) is 35.9 Å². The molecule has 0 spiro atoms. The van der Waals surface area contributed by atoms with Crippen LogP contribution in [0.5, 0.6) is 0 Å². The van der Waals surface area contributed by atoms with Gasteiger partial charge in [-0.15, -0.1) is 0 Å². The molecule has 0 unspecified atom stereocenters. The molecule has 28 heavy (non-hydrogen) atoms. The van der Waals surface area contributed by atoms with E-state index in [0.717, 1.165) is 17.0 Å². The first kappa shape index (κ1) is 22.2. The molecule has 0 saturated heterocycles. The van der Waals surface area contributed by atoms with E-state index in [0.29, 0.717) is 1.43 Å². The summed E-state index contributed by atoms with van der Waals surface area (Å²) in [7, 11) is 0. The monoisotopic (exact) mass is 622 g/mol. The molecule has 3 heteroatoms. The Morgan fingerprint density at radius 2 is 1.14 bits per heavy atom. The van der Waals surface area contributed by atoms with E-state index in [-0.39, 0.29) is 0 Å². The van der Waals surface area contributed by atoms with E-state index in [4.69, 9.17) is 0 Å². The lowest BCUT2D eigenvalue weighted by Gasteiger charge is -2.51. The molecule has 0 aliphatic heterocycles. The molecule has 0 amide bonds. The fraction of sp³-hybridized carbons (Fsp3) is 0.720. The molecule has 156 valence electrons. The number of benzene rings is 1. The van der Waals surface area contributed by atoms with E-state index >= 15 is 0 Å². The summed E-state index contributed by atoms with van der Waals surface area (Å²) in [4.78, 5) is 0. The van der Waals surface area contributed by atoms with Crippen LogP contribution in [0.15, 0.2) is 30.3 Å². The molecule has 0 heterocycles. The van der Waals surface area contributed by atoms with Crippen LogP contribution in [0.3, 0.4) is 0 Å². The molecule has 0 aromatic heterocycles. The van der Waals surface area contributed by atoms with Crippen LogP contribution in [0.1, 0.15) is 95.5 Å². The van der Waals surface area contributed by atoms with Crippen LogP contribution in [-0.2, 0) is 0 Å². The summed E-state index contributed by atoms with van der Waals surface area (Å²) in [5.74, 6) is 2.96. The minimum atomic E-state index is -1.13. The predicted molar refractivity (Wildman–Crippen MR) is 145 cm³/mol. The second-order valence-electron chi connectivity index (χ2n) is 9.61. The molecule has 1 aromatic carbocycles. The SMILES string of the molecule is IC1(I)CCC(P(=Cc2ccccc2)(C2CCCCC2)C2CCCCC2)CC1. The van der Waals surface area contributed by atoms with Crippen LogP contribution in [0.2, 0.25) is 0 Å². The number of rotatable bonds is 4. The second-order valence-corrected chi connectivity index (χ2v) is 20.0. The lowest BCUT2D eigenvalue weighted by molar-refractivity contribution is 0.461. The third-order valence-electron chi connectivity index (χ3n) is 7.91. The normalized spacial score (nSPS) is 25.5. The van der Waals surface area contributed by atoms with Crippen LogP contribution in [-0.4, -0.2) is 24.2 Å². The molecular formula is C25H37I2P. The molecule has 1 aromatic rings. The van der Waals surface area contributed by atoms with Gasteiger partial charge in [0.2, 0.25) is 0 Å². The van der Waals surface area contributed by atoms with Crippen molar-refractivity contribution in [2.45, 2.75) is 108 Å². The van der Waals surface area contributed by atoms with Gasteiger partial charge in [0.15, 0.2) is 0 Å². The number of alkyl halides is 2. The average Bonchev–Trinajstić information content (AvgIpc) is 2.74. The van der Waals surface area contributed by atoms with Gasteiger partial charge in [0.1, 0.15) is 0 Å². The Labute approximate surface area is 200 Å². The highest BCUT2D eigenvalue weighted by molar-refractivity contribution is 14.2. The smallest absolute Gasteiger partial charge is 0.0735 e. The Hall–Kier alpha value is 0.980. The van der Waals surface area contributed by atoms with E-state index in [2.05, 4.69) is 81.3 Å². The Kier molecular flexibility index (Phi) is 7.98. The van der Waals surface area contributed by atoms with Crippen molar-refractivity contribution >= 4 is 57.9 Å². The molecule has 3 fully saturated rings. The van der Waals surface area contributed by atoms with E-state index < -0.39 is 6.89 Å². The van der Waals surface area contributed by atoms with E-state index in [9.17, 15) is 0 Å². The molecule has 3 aliphatic rings. The fourth-order valence-corrected chi connectivity index (χ4v) is 14.6. The van der Waals surface area contributed by atoms with Crippen molar-refractivity contribution < 1.29 is 0 Å². The van der Waals surface area contributed by atoms with Crippen LogP contribution in [0.25, 0.3) is 0 Å². The average molecular weight is 622 g/mol. The minimum absolute atomic E-state index is 0.521. The first-order chi connectivity index (χ1) is 13.6. The van der Waals surface area contributed by atoms with Gasteiger partial charge in [-0.3, -0.25) is 0 Å². The predicted octanol–water partition coefficient (Wildman–Crippen LogP) is 9.03. The maximum absolute atomic E-state index is 2.96. The number of hydrogen-bond donors (Lipinski definition) is 0. The molecule has 0 bridgehead atoms. The van der Waals surface area contributed by atoms with Crippen LogP contribution in [0, 0.1) is 0 Å². The molecule has 3 aliphatic carbocycles. The second kappa shape index (κ2) is 10.1. The Morgan fingerprint density at radius 1 is 0.679 bits per heavy atom. The highest BCUT2D eigenvalue weighted by Crippen LogP contribution is 2.70. The molecule has 0 radical (unpaired) electrons. The Balaban J connectivity index is 1.79. The summed E-state index contributed by atoms with van der Waals surface area (Å²) in [6.07, 6.45) is 20.9. The van der Waals surface area contributed by atoms with E-state index in [1.54, 1.807) is 5.56 Å². The quantitative estimate of drug-likeness (QED) is 0.179. The van der Waals surface area contributed by atoms with Gasteiger partial charge in [0, 0.05) is 0 Å². The molecule has 0 nitrogen and oxygen atoms in total. The molecular weight excluding hydrogens is 585 g/mol. The summed E-state index contributed by atoms with van der Waals surface area (Å²) in [6.45, 7) is -1.13. The standard InChI is InChI=1S/C25H37I2P/c26-25(27)18-16-24(17-19-25)28(22-12-6-2-7-13-22,23-14-8-3-9-15-23)20-21-10-4-1-5-11-21/h1,4-5,10-11,20,22-24H,2-3,6-9,12-19H2. The number of halogens is 2. The molecule has 0 N–H and O–H groups in total. The largest absolute Gasteiger partial charge is 0.0954 e. The summed E-state index contributed by atoms with van der Waals surface area (Å²) < 4.78 is 0.521. The van der Waals surface area contributed by atoms with Gasteiger partial charge in [-0.2, -0.15) is 0 Å². The zero-order chi connectivity index (χ0) is 19.5. The third-order valence-corrected chi connectivity index (χ3v) is 16.2. The van der Waals surface area contributed by atoms with Gasteiger partial charge >= 0.3 is 0 Å². The van der Waals surface area contributed by atoms with Crippen LogP contribution >= 0.6 is 52.1 Å². The fourth-order valence-electron chi connectivity index (χ4n) is 6.54. The van der Waals surface area contributed by atoms with Crippen LogP contribution < -0.4 is 0 Å². The Bertz CT molecular complexity index is 637. The summed E-state index contributed by atoms with van der Waals surface area (Å²) in [6, 6.07) is 11.5. The lowest BCUT2D eigenvalue weighted by Crippen LogP contribution is -2.35. The molecule has 4 rings (SSSR count). The van der Waals surface area contributed by atoms with Crippen molar-refractivity contribution in [1.82, 2.24) is 0 Å². The highest BCUT2D eigenvalue weighted by atomic mass is 127. The molecule has 0 atom stereocenters. The zero-order valence-electron chi connectivity index (χ0n) is 17.3. The van der Waals surface area contributed by atoms with E-state index in [1.165, 1.54) is 89.9 Å². The molecule has 3 saturated carbocycles. The van der Waals surface area contributed by atoms with Gasteiger partial charge in [-0.05, 0) is 73.9 Å². The summed E-state index contributed by atoms with van der Waals surface area (Å²) in [5, 5.41) is 0. The van der Waals surface area contributed by atoms with Gasteiger partial charge in [0.25, 0.3) is 0 Å². The van der Waals surface area contributed by atoms with Gasteiger partial charge in [-0.1, -0.05) is 127 Å². The maximum Gasteiger partial charge on any atom is 0.0735 e. The Morgan fingerprint density at radius 3 is 1.64 bits per heavy atom. The van der Waals surface area contributed by atoms with Crippen molar-refractivity contribution in [2.75, 3.05) is 0 Å². The number of hydrogen-bond acceptors (Lipinski definition) is 0. The van der Waals surface area contributed by atoms with Crippen LogP contribution in [0.4, 0.5) is 0 Å². The zero-order valence-corrected chi connectivity index (χ0v) is 22.5. The van der Waals surface area contributed by atoms with Gasteiger partial charge in [0.05, 0.1) is 1.43 Å². The van der Waals surface area contributed by atoms with Crippen molar-refractivity contribution in [3.8, 4) is 0 Å². The van der Waals surface area contributed by atoms with Gasteiger partial charge < -0.3 is 0 Å². The first-order valence-corrected chi connectivity index (χ1v) is 16.0. The van der Waals surface area contributed by atoms with Gasteiger partial charge in [-0.25, -0.2) is 0 Å². The maximum atomic E-state index is 2.96.